The minimum absolute atomic E-state index is 0.269. The molecule has 0 saturated carbocycles. The third-order valence-corrected chi connectivity index (χ3v) is 3.56. The number of anilines is 1. The SMILES string of the molecule is CC(C)(C)OC(=O)Nc1ccc(Br)cc1C=C1C(=O)OC(C)(C)OC1=O. The van der Waals surface area contributed by atoms with E-state index in [1.165, 1.54) is 19.9 Å². The summed E-state index contributed by atoms with van der Waals surface area (Å²) in [5, 5.41) is 2.60. The predicted molar refractivity (Wildman–Crippen MR) is 98.2 cm³/mol. The molecular weight excluding hydrogens is 406 g/mol. The third kappa shape index (κ3) is 5.32. The van der Waals surface area contributed by atoms with E-state index < -0.39 is 29.4 Å². The zero-order chi connectivity index (χ0) is 19.7. The molecule has 140 valence electrons. The van der Waals surface area contributed by atoms with Crippen LogP contribution in [0.1, 0.15) is 40.2 Å². The van der Waals surface area contributed by atoms with Gasteiger partial charge in [0.2, 0.25) is 0 Å². The minimum atomic E-state index is -1.32. The van der Waals surface area contributed by atoms with Gasteiger partial charge in [0.05, 0.1) is 5.69 Å². The van der Waals surface area contributed by atoms with Crippen molar-refractivity contribution >= 4 is 45.7 Å². The lowest BCUT2D eigenvalue weighted by molar-refractivity contribution is -0.222. The number of ether oxygens (including phenoxy) is 3. The van der Waals surface area contributed by atoms with Crippen LogP contribution < -0.4 is 5.32 Å². The van der Waals surface area contributed by atoms with Gasteiger partial charge >= 0.3 is 18.0 Å². The van der Waals surface area contributed by atoms with E-state index >= 15 is 0 Å². The van der Waals surface area contributed by atoms with Gasteiger partial charge < -0.3 is 14.2 Å². The summed E-state index contributed by atoms with van der Waals surface area (Å²) in [5.41, 5.74) is -0.162. The number of benzene rings is 1. The van der Waals surface area contributed by atoms with E-state index in [-0.39, 0.29) is 5.57 Å². The summed E-state index contributed by atoms with van der Waals surface area (Å²) in [6, 6.07) is 4.96. The minimum Gasteiger partial charge on any atom is -0.444 e. The summed E-state index contributed by atoms with van der Waals surface area (Å²) in [6.45, 7) is 8.16. The first-order valence-corrected chi connectivity index (χ1v) is 8.63. The Labute approximate surface area is 159 Å². The Balaban J connectivity index is 2.34. The highest BCUT2D eigenvalue weighted by Gasteiger charge is 2.39. The van der Waals surface area contributed by atoms with Crippen molar-refractivity contribution in [1.29, 1.82) is 0 Å². The second-order valence-corrected chi connectivity index (χ2v) is 8.01. The fourth-order valence-electron chi connectivity index (χ4n) is 2.11. The van der Waals surface area contributed by atoms with Gasteiger partial charge in [-0.25, -0.2) is 14.4 Å². The van der Waals surface area contributed by atoms with Crippen LogP contribution in [0.15, 0.2) is 28.2 Å². The Morgan fingerprint density at radius 2 is 1.77 bits per heavy atom. The molecule has 1 amide bonds. The number of cyclic esters (lactones) is 2. The normalized spacial score (nSPS) is 16.5. The highest BCUT2D eigenvalue weighted by molar-refractivity contribution is 9.10. The largest absolute Gasteiger partial charge is 0.444 e. The number of nitrogens with one attached hydrogen (secondary N) is 1. The van der Waals surface area contributed by atoms with Crippen molar-refractivity contribution < 1.29 is 28.6 Å². The van der Waals surface area contributed by atoms with Gasteiger partial charge in [0.1, 0.15) is 11.2 Å². The maximum Gasteiger partial charge on any atom is 0.412 e. The van der Waals surface area contributed by atoms with E-state index in [0.29, 0.717) is 15.7 Å². The first-order valence-electron chi connectivity index (χ1n) is 7.84. The quantitative estimate of drug-likeness (QED) is 0.437. The average molecular weight is 426 g/mol. The Kier molecular flexibility index (Phi) is 5.46. The predicted octanol–water partition coefficient (Wildman–Crippen LogP) is 4.02. The summed E-state index contributed by atoms with van der Waals surface area (Å²) in [6.07, 6.45) is 0.645. The van der Waals surface area contributed by atoms with Crippen LogP contribution in [-0.4, -0.2) is 29.4 Å². The van der Waals surface area contributed by atoms with Crippen molar-refractivity contribution in [3.63, 3.8) is 0 Å². The van der Waals surface area contributed by atoms with E-state index in [2.05, 4.69) is 21.2 Å². The number of rotatable bonds is 2. The van der Waals surface area contributed by atoms with Gasteiger partial charge in [0, 0.05) is 23.9 Å². The molecule has 0 atom stereocenters. The maximum atomic E-state index is 12.1. The van der Waals surface area contributed by atoms with Crippen LogP contribution in [0.25, 0.3) is 6.08 Å². The Bertz CT molecular complexity index is 769. The van der Waals surface area contributed by atoms with Crippen molar-refractivity contribution in [2.45, 2.75) is 46.0 Å². The van der Waals surface area contributed by atoms with Gasteiger partial charge in [-0.1, -0.05) is 15.9 Å². The maximum absolute atomic E-state index is 12.1. The molecule has 1 N–H and O–H groups in total. The molecule has 2 rings (SSSR count). The molecule has 1 aromatic rings. The molecule has 26 heavy (non-hydrogen) atoms. The zero-order valence-electron chi connectivity index (χ0n) is 15.1. The van der Waals surface area contributed by atoms with E-state index in [9.17, 15) is 14.4 Å². The van der Waals surface area contributed by atoms with Crippen LogP contribution in [0, 0.1) is 0 Å². The first kappa shape index (κ1) is 20.0. The van der Waals surface area contributed by atoms with Crippen molar-refractivity contribution in [3.8, 4) is 0 Å². The second-order valence-electron chi connectivity index (χ2n) is 7.10. The summed E-state index contributed by atoms with van der Waals surface area (Å²) in [5.74, 6) is -2.91. The van der Waals surface area contributed by atoms with Crippen molar-refractivity contribution in [3.05, 3.63) is 33.8 Å². The molecule has 0 aromatic heterocycles. The summed E-state index contributed by atoms with van der Waals surface area (Å²) in [7, 11) is 0. The van der Waals surface area contributed by atoms with Gasteiger partial charge in [-0.05, 0) is 45.0 Å². The number of hydrogen-bond donors (Lipinski definition) is 1. The smallest absolute Gasteiger partial charge is 0.412 e. The zero-order valence-corrected chi connectivity index (χ0v) is 16.7. The van der Waals surface area contributed by atoms with Gasteiger partial charge in [0.25, 0.3) is 5.79 Å². The summed E-state index contributed by atoms with van der Waals surface area (Å²) >= 11 is 3.32. The fourth-order valence-corrected chi connectivity index (χ4v) is 2.49. The van der Waals surface area contributed by atoms with Crippen LogP contribution in [0.5, 0.6) is 0 Å². The van der Waals surface area contributed by atoms with E-state index in [4.69, 9.17) is 14.2 Å². The molecular formula is C18H20BrNO6. The lowest BCUT2D eigenvalue weighted by atomic mass is 10.1. The second kappa shape index (κ2) is 7.11. The van der Waals surface area contributed by atoms with Gasteiger partial charge in [-0.3, -0.25) is 5.32 Å². The van der Waals surface area contributed by atoms with E-state index in [1.54, 1.807) is 39.0 Å². The highest BCUT2D eigenvalue weighted by atomic mass is 79.9. The average Bonchev–Trinajstić information content (AvgIpc) is 2.42. The van der Waals surface area contributed by atoms with Crippen LogP contribution in [0.2, 0.25) is 0 Å². The molecule has 7 nitrogen and oxygen atoms in total. The molecule has 1 heterocycles. The topological polar surface area (TPSA) is 90.9 Å². The van der Waals surface area contributed by atoms with Crippen molar-refractivity contribution in [1.82, 2.24) is 0 Å². The molecule has 0 spiro atoms. The van der Waals surface area contributed by atoms with Gasteiger partial charge in [0.15, 0.2) is 0 Å². The number of esters is 2. The third-order valence-electron chi connectivity index (χ3n) is 3.07. The van der Waals surface area contributed by atoms with E-state index in [0.717, 1.165) is 0 Å². The first-order chi connectivity index (χ1) is 11.9. The monoisotopic (exact) mass is 425 g/mol. The molecule has 0 bridgehead atoms. The number of amides is 1. The Morgan fingerprint density at radius 1 is 1.19 bits per heavy atom. The standard InChI is InChI=1S/C18H20BrNO6/c1-17(2,3)26-16(23)20-13-7-6-11(19)8-10(13)9-12-14(21)24-18(4,5)25-15(12)22/h6-9H,1-5H3,(H,20,23). The molecule has 1 saturated heterocycles. The van der Waals surface area contributed by atoms with Crippen LogP contribution in [0.3, 0.4) is 0 Å². The molecule has 1 aromatic carbocycles. The van der Waals surface area contributed by atoms with Gasteiger partial charge in [-0.15, -0.1) is 0 Å². The van der Waals surface area contributed by atoms with Crippen molar-refractivity contribution in [2.75, 3.05) is 5.32 Å². The fraction of sp³-hybridized carbons (Fsp3) is 0.389. The number of carbonyl (C=O) groups excluding carboxylic acids is 3. The highest BCUT2D eigenvalue weighted by Crippen LogP contribution is 2.28. The molecule has 0 radical (unpaired) electrons. The summed E-state index contributed by atoms with van der Waals surface area (Å²) in [4.78, 5) is 36.3. The van der Waals surface area contributed by atoms with E-state index in [1.807, 2.05) is 0 Å². The van der Waals surface area contributed by atoms with Crippen molar-refractivity contribution in [2.24, 2.45) is 0 Å². The lowest BCUT2D eigenvalue weighted by Crippen LogP contribution is -2.41. The number of hydrogen-bond acceptors (Lipinski definition) is 6. The van der Waals surface area contributed by atoms with Crippen LogP contribution in [0.4, 0.5) is 10.5 Å². The molecule has 1 aliphatic heterocycles. The molecule has 0 aliphatic carbocycles. The number of carbonyl (C=O) groups is 3. The molecule has 0 unspecified atom stereocenters. The Morgan fingerprint density at radius 3 is 2.31 bits per heavy atom. The Hall–Kier alpha value is -2.35. The number of halogens is 1. The molecule has 8 heteroatoms. The summed E-state index contributed by atoms with van der Waals surface area (Å²) < 4.78 is 16.1. The van der Waals surface area contributed by atoms with Crippen LogP contribution in [-0.2, 0) is 23.8 Å². The molecule has 1 aliphatic rings. The lowest BCUT2D eigenvalue weighted by Gasteiger charge is -2.29. The molecule has 1 fully saturated rings. The van der Waals surface area contributed by atoms with Gasteiger partial charge in [-0.2, -0.15) is 0 Å². The van der Waals surface area contributed by atoms with Crippen LogP contribution >= 0.6 is 15.9 Å².